The van der Waals surface area contributed by atoms with Gasteiger partial charge in [-0.25, -0.2) is 0 Å². The fourth-order valence-corrected chi connectivity index (χ4v) is 2.36. The molecule has 74 valence electrons. The predicted molar refractivity (Wildman–Crippen MR) is 49.3 cm³/mol. The van der Waals surface area contributed by atoms with Gasteiger partial charge in [0.15, 0.2) is 0 Å². The van der Waals surface area contributed by atoms with E-state index in [4.69, 9.17) is 4.74 Å². The number of esters is 1. The van der Waals surface area contributed by atoms with Gasteiger partial charge in [-0.3, -0.25) is 9.69 Å². The van der Waals surface area contributed by atoms with Crippen LogP contribution in [0.2, 0.25) is 0 Å². The van der Waals surface area contributed by atoms with Crippen LogP contribution < -0.4 is 0 Å². The van der Waals surface area contributed by atoms with Crippen molar-refractivity contribution in [3.8, 4) is 0 Å². The van der Waals surface area contributed by atoms with Crippen molar-refractivity contribution in [2.45, 2.75) is 45.4 Å². The number of piperidine rings is 1. The molecule has 0 aliphatic carbocycles. The van der Waals surface area contributed by atoms with E-state index in [2.05, 4.69) is 25.7 Å². The summed E-state index contributed by atoms with van der Waals surface area (Å²) < 4.78 is 5.30. The van der Waals surface area contributed by atoms with Gasteiger partial charge in [0.05, 0.1) is 0 Å². The van der Waals surface area contributed by atoms with Crippen LogP contribution in [0.5, 0.6) is 0 Å². The first-order valence-electron chi connectivity index (χ1n) is 5.06. The maximum absolute atomic E-state index is 11.5. The first-order valence-corrected chi connectivity index (χ1v) is 5.06. The fraction of sp³-hybridized carbons (Fsp3) is 0.900. The Labute approximate surface area is 79.0 Å². The first kappa shape index (κ1) is 9.00. The smallest absolute Gasteiger partial charge is 0.323 e. The molecule has 3 unspecified atom stereocenters. The van der Waals surface area contributed by atoms with Gasteiger partial charge >= 0.3 is 5.97 Å². The van der Waals surface area contributed by atoms with E-state index in [9.17, 15) is 4.79 Å². The molecule has 0 aromatic carbocycles. The van der Waals surface area contributed by atoms with Crippen LogP contribution >= 0.6 is 0 Å². The number of nitrogens with zero attached hydrogens (tertiary/aromatic N) is 1. The maximum Gasteiger partial charge on any atom is 0.323 e. The van der Waals surface area contributed by atoms with Crippen molar-refractivity contribution < 1.29 is 9.53 Å². The highest BCUT2D eigenvalue weighted by Crippen LogP contribution is 2.32. The van der Waals surface area contributed by atoms with E-state index in [0.717, 1.165) is 13.0 Å². The summed E-state index contributed by atoms with van der Waals surface area (Å²) in [7, 11) is 0. The number of rotatable bonds is 1. The third-order valence-corrected chi connectivity index (χ3v) is 3.19. The van der Waals surface area contributed by atoms with Crippen molar-refractivity contribution in [3.63, 3.8) is 0 Å². The molecule has 2 bridgehead atoms. The minimum Gasteiger partial charge on any atom is -0.461 e. The van der Waals surface area contributed by atoms with Crippen LogP contribution in [-0.4, -0.2) is 35.6 Å². The second-order valence-corrected chi connectivity index (χ2v) is 4.49. The molecule has 2 rings (SSSR count). The molecule has 2 aliphatic rings. The zero-order valence-corrected chi connectivity index (χ0v) is 8.49. The minimum atomic E-state index is -0.0111. The van der Waals surface area contributed by atoms with Crippen molar-refractivity contribution in [3.05, 3.63) is 0 Å². The standard InChI is InChI=1S/C10H17NO2/c1-6(2)11-5-7(3)9-4-8(11)10(12)13-9/h6-9H,4-5H2,1-3H3. The summed E-state index contributed by atoms with van der Waals surface area (Å²) in [6, 6.07) is 0.486. The van der Waals surface area contributed by atoms with Crippen LogP contribution in [0.1, 0.15) is 27.2 Å². The second kappa shape index (κ2) is 2.98. The zero-order valence-electron chi connectivity index (χ0n) is 8.49. The van der Waals surface area contributed by atoms with Gasteiger partial charge < -0.3 is 4.74 Å². The topological polar surface area (TPSA) is 29.5 Å². The number of likely N-dealkylation sites (tertiary alicyclic amines) is 1. The molecular weight excluding hydrogens is 166 g/mol. The highest BCUT2D eigenvalue weighted by atomic mass is 16.6. The number of ether oxygens (including phenoxy) is 1. The Kier molecular flexibility index (Phi) is 2.06. The van der Waals surface area contributed by atoms with Crippen LogP contribution in [0, 0.1) is 5.92 Å². The van der Waals surface area contributed by atoms with E-state index in [-0.39, 0.29) is 18.1 Å². The quantitative estimate of drug-likeness (QED) is 0.569. The molecular formula is C10H17NO2. The highest BCUT2D eigenvalue weighted by molar-refractivity contribution is 5.78. The Morgan fingerprint density at radius 2 is 2.23 bits per heavy atom. The van der Waals surface area contributed by atoms with Gasteiger partial charge in [-0.05, 0) is 13.8 Å². The van der Waals surface area contributed by atoms with E-state index in [0.29, 0.717) is 12.0 Å². The van der Waals surface area contributed by atoms with Crippen LogP contribution in [0.25, 0.3) is 0 Å². The summed E-state index contributed by atoms with van der Waals surface area (Å²) >= 11 is 0. The molecule has 2 fully saturated rings. The molecule has 2 aliphatic heterocycles. The second-order valence-electron chi connectivity index (χ2n) is 4.49. The predicted octanol–water partition coefficient (Wildman–Crippen LogP) is 1.03. The lowest BCUT2D eigenvalue weighted by molar-refractivity contribution is -0.144. The van der Waals surface area contributed by atoms with Crippen LogP contribution in [-0.2, 0) is 9.53 Å². The van der Waals surface area contributed by atoms with Gasteiger partial charge in [-0.2, -0.15) is 0 Å². The molecule has 0 aromatic rings. The summed E-state index contributed by atoms with van der Waals surface area (Å²) in [6.45, 7) is 7.44. The van der Waals surface area contributed by atoms with Crippen LogP contribution in [0.4, 0.5) is 0 Å². The first-order chi connectivity index (χ1) is 6.09. The summed E-state index contributed by atoms with van der Waals surface area (Å²) in [5.74, 6) is 0.480. The third kappa shape index (κ3) is 1.35. The Hall–Kier alpha value is -0.570. The third-order valence-electron chi connectivity index (χ3n) is 3.19. The van der Waals surface area contributed by atoms with Gasteiger partial charge in [0.2, 0.25) is 0 Å². The summed E-state index contributed by atoms with van der Waals surface area (Å²) in [6.07, 6.45) is 1.09. The molecule has 0 saturated carbocycles. The van der Waals surface area contributed by atoms with Gasteiger partial charge in [0.25, 0.3) is 0 Å². The lowest BCUT2D eigenvalue weighted by atomic mass is 9.93. The number of carbonyl (C=O) groups is 1. The Balaban J connectivity index is 2.18. The number of fused-ring (bicyclic) bond motifs is 2. The summed E-state index contributed by atoms with van der Waals surface area (Å²) in [4.78, 5) is 13.7. The average Bonchev–Trinajstić information content (AvgIpc) is 2.37. The van der Waals surface area contributed by atoms with Crippen LogP contribution in [0.3, 0.4) is 0 Å². The molecule has 2 saturated heterocycles. The Morgan fingerprint density at radius 1 is 1.54 bits per heavy atom. The molecule has 0 radical (unpaired) electrons. The van der Waals surface area contributed by atoms with E-state index in [1.807, 2.05) is 0 Å². The van der Waals surface area contributed by atoms with E-state index in [1.165, 1.54) is 0 Å². The van der Waals surface area contributed by atoms with Crippen molar-refractivity contribution in [1.82, 2.24) is 4.90 Å². The molecule has 13 heavy (non-hydrogen) atoms. The van der Waals surface area contributed by atoms with E-state index >= 15 is 0 Å². The van der Waals surface area contributed by atoms with Gasteiger partial charge in [-0.15, -0.1) is 0 Å². The SMILES string of the molecule is CC1CN(C(C)C)C2CC1OC2=O. The van der Waals surface area contributed by atoms with Crippen LogP contribution in [0.15, 0.2) is 0 Å². The lowest BCUT2D eigenvalue weighted by Crippen LogP contribution is -2.48. The molecule has 3 nitrogen and oxygen atoms in total. The average molecular weight is 183 g/mol. The normalized spacial score (nSPS) is 39.7. The molecule has 2 heterocycles. The summed E-state index contributed by atoms with van der Waals surface area (Å²) in [5, 5.41) is 0. The van der Waals surface area contributed by atoms with Crippen molar-refractivity contribution >= 4 is 5.97 Å². The highest BCUT2D eigenvalue weighted by Gasteiger charge is 2.46. The van der Waals surface area contributed by atoms with Gasteiger partial charge in [0, 0.05) is 24.9 Å². The number of carbonyl (C=O) groups excluding carboxylic acids is 1. The lowest BCUT2D eigenvalue weighted by Gasteiger charge is -2.36. The van der Waals surface area contributed by atoms with Gasteiger partial charge in [-0.1, -0.05) is 6.92 Å². The summed E-state index contributed by atoms with van der Waals surface area (Å²) in [5.41, 5.74) is 0. The van der Waals surface area contributed by atoms with Crippen molar-refractivity contribution in [1.29, 1.82) is 0 Å². The van der Waals surface area contributed by atoms with Gasteiger partial charge in [0.1, 0.15) is 12.1 Å². The number of hydrogen-bond acceptors (Lipinski definition) is 3. The zero-order chi connectivity index (χ0) is 9.59. The molecule has 3 heteroatoms. The largest absolute Gasteiger partial charge is 0.461 e. The van der Waals surface area contributed by atoms with E-state index < -0.39 is 0 Å². The molecule has 0 spiro atoms. The molecule has 0 N–H and O–H groups in total. The molecule has 0 aromatic heterocycles. The molecule has 0 amide bonds. The minimum absolute atomic E-state index is 0.0111. The molecule has 3 atom stereocenters. The monoisotopic (exact) mass is 183 g/mol. The maximum atomic E-state index is 11.5. The Morgan fingerprint density at radius 3 is 2.85 bits per heavy atom. The Bertz CT molecular complexity index is 227. The van der Waals surface area contributed by atoms with Crippen molar-refractivity contribution in [2.24, 2.45) is 5.92 Å². The fourth-order valence-electron chi connectivity index (χ4n) is 2.36. The van der Waals surface area contributed by atoms with E-state index in [1.54, 1.807) is 0 Å². The number of hydrogen-bond donors (Lipinski definition) is 0. The van der Waals surface area contributed by atoms with Crippen molar-refractivity contribution in [2.75, 3.05) is 6.54 Å².